The van der Waals surface area contributed by atoms with Crippen molar-refractivity contribution >= 4 is 5.91 Å². The molecule has 21 heavy (non-hydrogen) atoms. The summed E-state index contributed by atoms with van der Waals surface area (Å²) < 4.78 is 5.59. The van der Waals surface area contributed by atoms with Crippen molar-refractivity contribution in [1.29, 1.82) is 0 Å². The number of hydrogen-bond acceptors (Lipinski definition) is 5. The van der Waals surface area contributed by atoms with E-state index < -0.39 is 0 Å². The molecule has 1 aliphatic heterocycles. The van der Waals surface area contributed by atoms with E-state index in [0.717, 1.165) is 31.5 Å². The highest BCUT2D eigenvalue weighted by atomic mass is 16.4. The SMILES string of the molecule is O=C(CCc1nnc(-c2ccncc2)o1)N1CCCCC1. The topological polar surface area (TPSA) is 72.1 Å². The first-order valence-electron chi connectivity index (χ1n) is 7.33. The smallest absolute Gasteiger partial charge is 0.247 e. The van der Waals surface area contributed by atoms with Gasteiger partial charge in [0.1, 0.15) is 0 Å². The number of carbonyl (C=O) groups excluding carboxylic acids is 1. The Labute approximate surface area is 123 Å². The second-order valence-electron chi connectivity index (χ2n) is 5.18. The van der Waals surface area contributed by atoms with Crippen LogP contribution >= 0.6 is 0 Å². The van der Waals surface area contributed by atoms with Gasteiger partial charge in [0.25, 0.3) is 0 Å². The molecule has 0 unspecified atom stereocenters. The van der Waals surface area contributed by atoms with Gasteiger partial charge in [0.15, 0.2) is 0 Å². The van der Waals surface area contributed by atoms with E-state index in [9.17, 15) is 4.79 Å². The Kier molecular flexibility index (Phi) is 4.23. The molecule has 0 aliphatic carbocycles. The van der Waals surface area contributed by atoms with Crippen molar-refractivity contribution in [1.82, 2.24) is 20.1 Å². The predicted molar refractivity (Wildman–Crippen MR) is 76.3 cm³/mol. The first-order valence-corrected chi connectivity index (χ1v) is 7.33. The average Bonchev–Trinajstić information content (AvgIpc) is 3.03. The Morgan fingerprint density at radius 3 is 2.67 bits per heavy atom. The average molecular weight is 286 g/mol. The van der Waals surface area contributed by atoms with Crippen LogP contribution < -0.4 is 0 Å². The molecule has 1 fully saturated rings. The minimum absolute atomic E-state index is 0.179. The zero-order chi connectivity index (χ0) is 14.5. The van der Waals surface area contributed by atoms with E-state index >= 15 is 0 Å². The van der Waals surface area contributed by atoms with E-state index in [1.165, 1.54) is 6.42 Å². The number of aryl methyl sites for hydroxylation is 1. The van der Waals surface area contributed by atoms with Gasteiger partial charge in [0.05, 0.1) is 0 Å². The molecule has 0 bridgehead atoms. The van der Waals surface area contributed by atoms with Crippen LogP contribution in [0.15, 0.2) is 28.9 Å². The molecule has 1 saturated heterocycles. The summed E-state index contributed by atoms with van der Waals surface area (Å²) in [5.41, 5.74) is 0.839. The molecule has 3 heterocycles. The second kappa shape index (κ2) is 6.47. The van der Waals surface area contributed by atoms with Gasteiger partial charge < -0.3 is 9.32 Å². The molecular weight excluding hydrogens is 268 g/mol. The number of aromatic nitrogens is 3. The summed E-state index contributed by atoms with van der Waals surface area (Å²) in [5, 5.41) is 8.01. The van der Waals surface area contributed by atoms with Crippen molar-refractivity contribution in [2.75, 3.05) is 13.1 Å². The summed E-state index contributed by atoms with van der Waals surface area (Å²) in [6.45, 7) is 1.76. The maximum Gasteiger partial charge on any atom is 0.247 e. The fraction of sp³-hybridized carbons (Fsp3) is 0.467. The van der Waals surface area contributed by atoms with Crippen molar-refractivity contribution in [3.63, 3.8) is 0 Å². The zero-order valence-electron chi connectivity index (χ0n) is 11.9. The van der Waals surface area contributed by atoms with Gasteiger partial charge in [-0.3, -0.25) is 9.78 Å². The molecule has 110 valence electrons. The van der Waals surface area contributed by atoms with Gasteiger partial charge in [-0.1, -0.05) is 0 Å². The maximum absolute atomic E-state index is 12.1. The number of hydrogen-bond donors (Lipinski definition) is 0. The lowest BCUT2D eigenvalue weighted by Gasteiger charge is -2.26. The predicted octanol–water partition coefficient (Wildman–Crippen LogP) is 2.08. The largest absolute Gasteiger partial charge is 0.421 e. The Hall–Kier alpha value is -2.24. The first kappa shape index (κ1) is 13.7. The summed E-state index contributed by atoms with van der Waals surface area (Å²) in [6.07, 6.45) is 7.73. The second-order valence-corrected chi connectivity index (χ2v) is 5.18. The molecule has 0 saturated carbocycles. The third-order valence-corrected chi connectivity index (χ3v) is 3.66. The quantitative estimate of drug-likeness (QED) is 0.860. The standard InChI is InChI=1S/C15H18N4O2/c20-14(19-10-2-1-3-11-19)5-4-13-17-18-15(21-13)12-6-8-16-9-7-12/h6-9H,1-5,10-11H2. The highest BCUT2D eigenvalue weighted by molar-refractivity contribution is 5.76. The minimum Gasteiger partial charge on any atom is -0.421 e. The van der Waals surface area contributed by atoms with Crippen LogP contribution in [0.2, 0.25) is 0 Å². The number of amides is 1. The maximum atomic E-state index is 12.1. The van der Waals surface area contributed by atoms with E-state index in [4.69, 9.17) is 4.42 Å². The number of nitrogens with zero attached hydrogens (tertiary/aromatic N) is 4. The van der Waals surface area contributed by atoms with Crippen LogP contribution in [0.4, 0.5) is 0 Å². The molecule has 1 amide bonds. The lowest BCUT2D eigenvalue weighted by molar-refractivity contribution is -0.132. The van der Waals surface area contributed by atoms with Crippen molar-refractivity contribution in [3.05, 3.63) is 30.4 Å². The van der Waals surface area contributed by atoms with Crippen molar-refractivity contribution < 1.29 is 9.21 Å². The van der Waals surface area contributed by atoms with Gasteiger partial charge >= 0.3 is 0 Å². The van der Waals surface area contributed by atoms with E-state index in [1.807, 2.05) is 17.0 Å². The highest BCUT2D eigenvalue weighted by Gasteiger charge is 2.17. The van der Waals surface area contributed by atoms with Crippen LogP contribution in [0, 0.1) is 0 Å². The van der Waals surface area contributed by atoms with Crippen molar-refractivity contribution in [2.24, 2.45) is 0 Å². The molecular formula is C15H18N4O2. The van der Waals surface area contributed by atoms with Crippen molar-refractivity contribution in [3.8, 4) is 11.5 Å². The summed E-state index contributed by atoms with van der Waals surface area (Å²) in [4.78, 5) is 18.0. The third kappa shape index (κ3) is 3.45. The van der Waals surface area contributed by atoms with Crippen LogP contribution in [-0.2, 0) is 11.2 Å². The number of piperidine rings is 1. The van der Waals surface area contributed by atoms with Crippen molar-refractivity contribution in [2.45, 2.75) is 32.1 Å². The number of likely N-dealkylation sites (tertiary alicyclic amines) is 1. The molecule has 3 rings (SSSR count). The molecule has 0 spiro atoms. The molecule has 0 atom stereocenters. The van der Waals surface area contributed by atoms with E-state index in [-0.39, 0.29) is 5.91 Å². The first-order chi connectivity index (χ1) is 10.3. The Morgan fingerprint density at radius 2 is 1.90 bits per heavy atom. The van der Waals surface area contributed by atoms with Gasteiger partial charge in [0, 0.05) is 43.9 Å². The molecule has 0 radical (unpaired) electrons. The lowest BCUT2D eigenvalue weighted by atomic mass is 10.1. The normalized spacial score (nSPS) is 15.1. The number of carbonyl (C=O) groups is 1. The fourth-order valence-electron chi connectivity index (χ4n) is 2.48. The summed E-state index contributed by atoms with van der Waals surface area (Å²) >= 11 is 0. The monoisotopic (exact) mass is 286 g/mol. The summed E-state index contributed by atoms with van der Waals surface area (Å²) in [6, 6.07) is 3.63. The zero-order valence-corrected chi connectivity index (χ0v) is 11.9. The van der Waals surface area contributed by atoms with Gasteiger partial charge in [-0.15, -0.1) is 10.2 Å². The van der Waals surface area contributed by atoms with Gasteiger partial charge in [-0.25, -0.2) is 0 Å². The van der Waals surface area contributed by atoms with Gasteiger partial charge in [-0.05, 0) is 31.4 Å². The van der Waals surface area contributed by atoms with Crippen LogP contribution in [0.1, 0.15) is 31.6 Å². The highest BCUT2D eigenvalue weighted by Crippen LogP contribution is 2.17. The van der Waals surface area contributed by atoms with Gasteiger partial charge in [-0.2, -0.15) is 0 Å². The third-order valence-electron chi connectivity index (χ3n) is 3.66. The fourth-order valence-corrected chi connectivity index (χ4v) is 2.48. The van der Waals surface area contributed by atoms with E-state index in [0.29, 0.717) is 24.6 Å². The summed E-state index contributed by atoms with van der Waals surface area (Å²) in [7, 11) is 0. The van der Waals surface area contributed by atoms with E-state index in [2.05, 4.69) is 15.2 Å². The lowest BCUT2D eigenvalue weighted by Crippen LogP contribution is -2.35. The molecule has 2 aromatic rings. The van der Waals surface area contributed by atoms with Crippen LogP contribution in [0.3, 0.4) is 0 Å². The molecule has 1 aliphatic rings. The van der Waals surface area contributed by atoms with E-state index in [1.54, 1.807) is 12.4 Å². The van der Waals surface area contributed by atoms with Crippen LogP contribution in [0.25, 0.3) is 11.5 Å². The molecule has 0 N–H and O–H groups in total. The minimum atomic E-state index is 0.179. The van der Waals surface area contributed by atoms with Gasteiger partial charge in [0.2, 0.25) is 17.7 Å². The Bertz CT molecular complexity index is 591. The summed E-state index contributed by atoms with van der Waals surface area (Å²) in [5.74, 6) is 1.16. The van der Waals surface area contributed by atoms with Crippen LogP contribution in [-0.4, -0.2) is 39.1 Å². The number of pyridine rings is 1. The number of rotatable bonds is 4. The Balaban J connectivity index is 1.56. The van der Waals surface area contributed by atoms with Crippen LogP contribution in [0.5, 0.6) is 0 Å². The molecule has 2 aromatic heterocycles. The molecule has 6 heteroatoms. The molecule has 0 aromatic carbocycles. The Morgan fingerprint density at radius 1 is 1.14 bits per heavy atom. The molecule has 6 nitrogen and oxygen atoms in total.